The van der Waals surface area contributed by atoms with E-state index in [0.717, 1.165) is 27.2 Å². The molecule has 0 radical (unpaired) electrons. The summed E-state index contributed by atoms with van der Waals surface area (Å²) in [5, 5.41) is 7.87. The number of benzene rings is 2. The Kier molecular flexibility index (Phi) is 8.13. The molecule has 1 atom stereocenters. The lowest BCUT2D eigenvalue weighted by Gasteiger charge is -2.33. The lowest BCUT2D eigenvalue weighted by Crippen LogP contribution is -2.47. The third-order valence-corrected chi connectivity index (χ3v) is 8.07. The highest BCUT2D eigenvalue weighted by molar-refractivity contribution is 9.10. The molecule has 0 spiro atoms. The maximum Gasteiger partial charge on any atom is 0.410 e. The number of likely N-dealkylation sites (tertiary alicyclic amines) is 1. The molecule has 1 fully saturated rings. The van der Waals surface area contributed by atoms with Gasteiger partial charge in [-0.2, -0.15) is 9.61 Å². The fraction of sp³-hybridized carbons (Fsp3) is 0.321. The highest BCUT2D eigenvalue weighted by atomic mass is 79.9. The SMILES string of the molecule is CC(C)(C)OC(=O)N1CCC(N[S+]([O-])c2ccc(Nc3cc(-c4ccccc4)nc4c(Br)cnn34)cc2)CC1. The average molecular weight is 612 g/mol. The summed E-state index contributed by atoms with van der Waals surface area (Å²) in [6, 6.07) is 19.5. The molecule has 39 heavy (non-hydrogen) atoms. The van der Waals surface area contributed by atoms with E-state index in [0.29, 0.717) is 36.5 Å². The van der Waals surface area contributed by atoms with Crippen LogP contribution in [-0.2, 0) is 16.1 Å². The van der Waals surface area contributed by atoms with Crippen LogP contribution in [0.15, 0.2) is 76.2 Å². The molecule has 0 bridgehead atoms. The molecule has 0 aliphatic carbocycles. The van der Waals surface area contributed by atoms with Gasteiger partial charge in [-0.15, -0.1) is 4.72 Å². The van der Waals surface area contributed by atoms with Crippen molar-refractivity contribution in [2.24, 2.45) is 0 Å². The van der Waals surface area contributed by atoms with Crippen LogP contribution in [0.2, 0.25) is 0 Å². The largest absolute Gasteiger partial charge is 0.593 e. The van der Waals surface area contributed by atoms with Gasteiger partial charge in [0.25, 0.3) is 0 Å². The van der Waals surface area contributed by atoms with Crippen molar-refractivity contribution < 1.29 is 14.1 Å². The Labute approximate surface area is 239 Å². The summed E-state index contributed by atoms with van der Waals surface area (Å²) in [5.74, 6) is 0.758. The zero-order valence-corrected chi connectivity index (χ0v) is 24.5. The van der Waals surface area contributed by atoms with Gasteiger partial charge in [-0.05, 0) is 73.8 Å². The zero-order valence-electron chi connectivity index (χ0n) is 22.1. The van der Waals surface area contributed by atoms with E-state index >= 15 is 0 Å². The highest BCUT2D eigenvalue weighted by Crippen LogP contribution is 2.28. The van der Waals surface area contributed by atoms with Crippen molar-refractivity contribution in [1.82, 2.24) is 24.2 Å². The van der Waals surface area contributed by atoms with Crippen LogP contribution in [0.1, 0.15) is 33.6 Å². The monoisotopic (exact) mass is 610 g/mol. The van der Waals surface area contributed by atoms with Crippen molar-refractivity contribution in [2.75, 3.05) is 18.4 Å². The summed E-state index contributed by atoms with van der Waals surface area (Å²) in [6.45, 7) is 6.72. The number of hydrogen-bond acceptors (Lipinski definition) is 7. The number of aromatic nitrogens is 3. The zero-order chi connectivity index (χ0) is 27.6. The molecule has 2 aromatic heterocycles. The third kappa shape index (κ3) is 6.73. The van der Waals surface area contributed by atoms with Crippen LogP contribution in [0.25, 0.3) is 16.9 Å². The Bertz CT molecular complexity index is 1430. The third-order valence-electron chi connectivity index (χ3n) is 6.26. The first-order valence-electron chi connectivity index (χ1n) is 12.8. The molecule has 3 heterocycles. The van der Waals surface area contributed by atoms with Crippen molar-refractivity contribution in [3.05, 3.63) is 71.3 Å². The average Bonchev–Trinajstić information content (AvgIpc) is 3.30. The van der Waals surface area contributed by atoms with Crippen molar-refractivity contribution in [3.8, 4) is 11.3 Å². The van der Waals surface area contributed by atoms with E-state index in [1.807, 2.05) is 81.4 Å². The lowest BCUT2D eigenvalue weighted by molar-refractivity contribution is 0.0203. The standard InChI is InChI=1S/C28H31BrN6O3S/c1-28(2,3)38-27(36)34-15-13-21(14-16-34)33-39(37)22-11-9-20(10-12-22)31-25-17-24(19-7-5-4-6-8-19)32-26-23(29)18-30-35(25)26/h4-12,17-18,21,31,33H,13-16H2,1-3H3. The topological polar surface area (TPSA) is 107 Å². The summed E-state index contributed by atoms with van der Waals surface area (Å²) in [7, 11) is 0. The summed E-state index contributed by atoms with van der Waals surface area (Å²) < 4.78 is 24.2. The first-order chi connectivity index (χ1) is 18.7. The second-order valence-corrected chi connectivity index (χ2v) is 12.5. The van der Waals surface area contributed by atoms with E-state index in [1.165, 1.54) is 0 Å². The number of ether oxygens (including phenoxy) is 1. The Morgan fingerprint density at radius 1 is 1.10 bits per heavy atom. The predicted molar refractivity (Wildman–Crippen MR) is 156 cm³/mol. The fourth-order valence-corrected chi connectivity index (χ4v) is 5.72. The molecule has 2 N–H and O–H groups in total. The number of amides is 1. The van der Waals surface area contributed by atoms with Crippen LogP contribution in [-0.4, -0.2) is 54.9 Å². The number of anilines is 2. The van der Waals surface area contributed by atoms with Crippen molar-refractivity contribution in [2.45, 2.75) is 50.2 Å². The van der Waals surface area contributed by atoms with Crippen molar-refractivity contribution >= 4 is 50.5 Å². The molecule has 1 amide bonds. The number of halogens is 1. The minimum Gasteiger partial charge on any atom is -0.593 e. The van der Waals surface area contributed by atoms with Crippen LogP contribution in [0.4, 0.5) is 16.3 Å². The number of carbonyl (C=O) groups is 1. The molecule has 9 nitrogen and oxygen atoms in total. The number of nitrogens with zero attached hydrogens (tertiary/aromatic N) is 4. The van der Waals surface area contributed by atoms with E-state index in [9.17, 15) is 9.35 Å². The number of piperidine rings is 1. The molecular weight excluding hydrogens is 580 g/mol. The molecule has 1 unspecified atom stereocenters. The summed E-state index contributed by atoms with van der Waals surface area (Å²) in [4.78, 5) is 19.5. The van der Waals surface area contributed by atoms with Gasteiger partial charge in [0.15, 0.2) is 10.5 Å². The van der Waals surface area contributed by atoms with Crippen molar-refractivity contribution in [1.29, 1.82) is 0 Å². The minimum absolute atomic E-state index is 0.0575. The molecule has 1 aliphatic rings. The van der Waals surface area contributed by atoms with Crippen molar-refractivity contribution in [3.63, 3.8) is 0 Å². The quantitative estimate of drug-likeness (QED) is 0.261. The molecule has 4 aromatic rings. The Morgan fingerprint density at radius 2 is 1.79 bits per heavy atom. The number of fused-ring (bicyclic) bond motifs is 1. The molecule has 0 saturated carbocycles. The van der Waals surface area contributed by atoms with Crippen LogP contribution in [0.3, 0.4) is 0 Å². The maximum atomic E-state index is 13.0. The van der Waals surface area contributed by atoms with Gasteiger partial charge in [-0.1, -0.05) is 30.3 Å². The Balaban J connectivity index is 1.23. The smallest absolute Gasteiger partial charge is 0.410 e. The van der Waals surface area contributed by atoms with Gasteiger partial charge in [-0.3, -0.25) is 0 Å². The normalized spacial score (nSPS) is 15.4. The molecule has 5 rings (SSSR count). The van der Waals surface area contributed by atoms with E-state index in [2.05, 4.69) is 31.1 Å². The molecule has 11 heteroatoms. The highest BCUT2D eigenvalue weighted by Gasteiger charge is 2.29. The van der Waals surface area contributed by atoms with Gasteiger partial charge < -0.3 is 19.5 Å². The number of carbonyl (C=O) groups excluding carboxylic acids is 1. The van der Waals surface area contributed by atoms with E-state index in [1.54, 1.807) is 15.6 Å². The van der Waals surface area contributed by atoms with E-state index in [4.69, 9.17) is 9.72 Å². The lowest BCUT2D eigenvalue weighted by atomic mass is 10.1. The van der Waals surface area contributed by atoms with Gasteiger partial charge in [0.05, 0.1) is 33.8 Å². The second-order valence-electron chi connectivity index (χ2n) is 10.4. The fourth-order valence-electron chi connectivity index (χ4n) is 4.32. The number of rotatable bonds is 6. The summed E-state index contributed by atoms with van der Waals surface area (Å²) in [5.41, 5.74) is 2.85. The van der Waals surface area contributed by atoms with Crippen LogP contribution in [0.5, 0.6) is 0 Å². The van der Waals surface area contributed by atoms with Gasteiger partial charge in [0, 0.05) is 30.4 Å². The molecule has 1 aliphatic heterocycles. The molecular formula is C28H31BrN6O3S. The number of hydrogen-bond donors (Lipinski definition) is 2. The Morgan fingerprint density at radius 3 is 2.46 bits per heavy atom. The van der Waals surface area contributed by atoms with E-state index in [-0.39, 0.29) is 12.1 Å². The molecule has 2 aromatic carbocycles. The first kappa shape index (κ1) is 27.4. The van der Waals surface area contributed by atoms with Crippen LogP contribution >= 0.6 is 15.9 Å². The second kappa shape index (κ2) is 11.5. The first-order valence-corrected chi connectivity index (χ1v) is 14.7. The van der Waals surface area contributed by atoms with Crippen LogP contribution < -0.4 is 10.0 Å². The minimum atomic E-state index is -1.37. The number of nitrogens with one attached hydrogen (secondary N) is 2. The summed E-state index contributed by atoms with van der Waals surface area (Å²) >= 11 is 2.17. The van der Waals surface area contributed by atoms with E-state index < -0.39 is 17.0 Å². The Hall–Kier alpha value is -3.12. The van der Waals surface area contributed by atoms with Crippen LogP contribution in [0, 0.1) is 0 Å². The van der Waals surface area contributed by atoms with Gasteiger partial charge in [0.2, 0.25) is 0 Å². The predicted octanol–water partition coefficient (Wildman–Crippen LogP) is 5.91. The van der Waals surface area contributed by atoms with Gasteiger partial charge >= 0.3 is 6.09 Å². The summed E-state index contributed by atoms with van der Waals surface area (Å²) in [6.07, 6.45) is 2.85. The van der Waals surface area contributed by atoms with Gasteiger partial charge in [-0.25, -0.2) is 9.78 Å². The molecule has 1 saturated heterocycles. The molecule has 204 valence electrons. The maximum absolute atomic E-state index is 13.0. The van der Waals surface area contributed by atoms with Gasteiger partial charge in [0.1, 0.15) is 11.4 Å².